The maximum Gasteiger partial charge on any atom is 0.255 e. The summed E-state index contributed by atoms with van der Waals surface area (Å²) in [5.41, 5.74) is 3.72. The molecule has 0 radical (unpaired) electrons. The van der Waals surface area contributed by atoms with Crippen LogP contribution >= 0.6 is 0 Å². The lowest BCUT2D eigenvalue weighted by Crippen LogP contribution is -2.65. The fourth-order valence-corrected chi connectivity index (χ4v) is 7.23. The van der Waals surface area contributed by atoms with Gasteiger partial charge in [0.1, 0.15) is 22.8 Å². The van der Waals surface area contributed by atoms with Crippen LogP contribution in [-0.2, 0) is 27.3 Å². The highest BCUT2D eigenvalue weighted by Crippen LogP contribution is 2.53. The third-order valence-corrected chi connectivity index (χ3v) is 9.52. The van der Waals surface area contributed by atoms with E-state index in [1.807, 2.05) is 6.07 Å². The number of fused-ring (bicyclic) bond motifs is 3. The lowest BCUT2D eigenvalue weighted by molar-refractivity contribution is -0.153. The summed E-state index contributed by atoms with van der Waals surface area (Å²) in [6, 6.07) is 2.31. The Kier molecular flexibility index (Phi) is 6.36. The number of hydrogen-bond acceptors (Lipinski definition) is 9. The highest BCUT2D eigenvalue weighted by molar-refractivity contribution is 6.24. The van der Waals surface area contributed by atoms with E-state index in [1.165, 1.54) is 36.6 Å². The molecule has 0 aliphatic heterocycles. The number of nitrogens with zero attached hydrogens (tertiary/aromatic N) is 2. The summed E-state index contributed by atoms with van der Waals surface area (Å²) in [6.07, 6.45) is 5.36. The lowest BCUT2D eigenvalue weighted by atomic mass is 9.57. The SMILES string of the molecule is CN(C)C1C(=O)C(C(N)=O)=C(O)[C@]2(O)C(=O)C3=C(O)c4c(O)ccc(CN(CC5CC5)CC5CC5)c4C[C@H]3C[C@H]12. The molecular formula is C30H37N3O7. The smallest absolute Gasteiger partial charge is 0.255 e. The number of rotatable bonds is 8. The first-order valence-electron chi connectivity index (χ1n) is 14.1. The van der Waals surface area contributed by atoms with Crippen molar-refractivity contribution in [2.45, 2.75) is 56.7 Å². The van der Waals surface area contributed by atoms with Crippen LogP contribution in [0.4, 0.5) is 0 Å². The fraction of sp³-hybridized carbons (Fsp3) is 0.567. The minimum Gasteiger partial charge on any atom is -0.508 e. The van der Waals surface area contributed by atoms with Crippen molar-refractivity contribution in [2.24, 2.45) is 29.4 Å². The third kappa shape index (κ3) is 4.15. The zero-order valence-electron chi connectivity index (χ0n) is 22.9. The van der Waals surface area contributed by atoms with Gasteiger partial charge in [0.15, 0.2) is 11.4 Å². The van der Waals surface area contributed by atoms with Crippen LogP contribution in [0.1, 0.15) is 48.8 Å². The van der Waals surface area contributed by atoms with Crippen molar-refractivity contribution in [1.82, 2.24) is 9.80 Å². The maximum atomic E-state index is 14.0. The van der Waals surface area contributed by atoms with Crippen LogP contribution in [0.25, 0.3) is 5.76 Å². The van der Waals surface area contributed by atoms with Crippen molar-refractivity contribution >= 4 is 23.2 Å². The summed E-state index contributed by atoms with van der Waals surface area (Å²) >= 11 is 0. The molecule has 0 saturated heterocycles. The van der Waals surface area contributed by atoms with Crippen LogP contribution in [0.15, 0.2) is 29.0 Å². The number of phenols is 1. The zero-order chi connectivity index (χ0) is 28.7. The molecule has 1 aromatic carbocycles. The van der Waals surface area contributed by atoms with E-state index < -0.39 is 58.0 Å². The van der Waals surface area contributed by atoms with Crippen LogP contribution in [0, 0.1) is 23.7 Å². The number of carbonyl (C=O) groups is 3. The van der Waals surface area contributed by atoms with Gasteiger partial charge in [-0.3, -0.25) is 24.2 Å². The molecular weight excluding hydrogens is 514 g/mol. The Hall–Kier alpha value is -3.21. The number of hydrogen-bond donors (Lipinski definition) is 5. The van der Waals surface area contributed by atoms with Crippen LogP contribution in [0.3, 0.4) is 0 Å². The molecule has 0 aromatic heterocycles. The molecule has 6 rings (SSSR count). The van der Waals surface area contributed by atoms with Crippen LogP contribution in [0.5, 0.6) is 5.75 Å². The van der Waals surface area contributed by atoms with E-state index in [4.69, 9.17) is 5.73 Å². The number of phenolic OH excluding ortho intramolecular Hbond substituents is 1. The van der Waals surface area contributed by atoms with Gasteiger partial charge in [0.25, 0.3) is 5.91 Å². The van der Waals surface area contributed by atoms with Gasteiger partial charge in [-0.15, -0.1) is 0 Å². The Labute approximate surface area is 232 Å². The monoisotopic (exact) mass is 551 g/mol. The molecule has 0 bridgehead atoms. The van der Waals surface area contributed by atoms with Gasteiger partial charge in [-0.2, -0.15) is 0 Å². The van der Waals surface area contributed by atoms with Gasteiger partial charge in [-0.25, -0.2) is 0 Å². The number of carbonyl (C=O) groups excluding carboxylic acids is 3. The van der Waals surface area contributed by atoms with E-state index in [0.717, 1.165) is 24.2 Å². The van der Waals surface area contributed by atoms with Crippen LogP contribution in [-0.4, -0.2) is 86.5 Å². The lowest BCUT2D eigenvalue weighted by Gasteiger charge is -2.50. The van der Waals surface area contributed by atoms with Gasteiger partial charge in [0, 0.05) is 31.1 Å². The molecule has 3 fully saturated rings. The van der Waals surface area contributed by atoms with E-state index in [2.05, 4.69) is 4.90 Å². The molecule has 4 atom stereocenters. The van der Waals surface area contributed by atoms with Gasteiger partial charge in [0.2, 0.25) is 5.78 Å². The molecule has 214 valence electrons. The van der Waals surface area contributed by atoms with Crippen molar-refractivity contribution in [2.75, 3.05) is 27.2 Å². The Bertz CT molecular complexity index is 1360. The molecule has 1 unspecified atom stereocenters. The van der Waals surface area contributed by atoms with E-state index in [0.29, 0.717) is 24.8 Å². The third-order valence-electron chi connectivity index (χ3n) is 9.52. The number of nitrogens with two attached hydrogens (primary N) is 1. The fourth-order valence-electron chi connectivity index (χ4n) is 7.23. The predicted molar refractivity (Wildman–Crippen MR) is 145 cm³/mol. The topological polar surface area (TPSA) is 165 Å². The number of aromatic hydroxyl groups is 1. The van der Waals surface area contributed by atoms with Crippen LogP contribution < -0.4 is 5.73 Å². The van der Waals surface area contributed by atoms with Crippen molar-refractivity contribution in [3.8, 4) is 5.75 Å². The van der Waals surface area contributed by atoms with Gasteiger partial charge in [0.05, 0.1) is 11.6 Å². The Morgan fingerprint density at radius 1 is 1.05 bits per heavy atom. The second kappa shape index (κ2) is 9.43. The highest BCUT2D eigenvalue weighted by atomic mass is 16.3. The number of aliphatic hydroxyl groups is 3. The van der Waals surface area contributed by atoms with Crippen molar-refractivity contribution in [1.29, 1.82) is 0 Å². The summed E-state index contributed by atoms with van der Waals surface area (Å²) in [4.78, 5) is 43.4. The summed E-state index contributed by atoms with van der Waals surface area (Å²) in [7, 11) is 3.19. The van der Waals surface area contributed by atoms with Crippen molar-refractivity contribution in [3.63, 3.8) is 0 Å². The molecule has 10 heteroatoms. The van der Waals surface area contributed by atoms with Gasteiger partial charge in [-0.1, -0.05) is 6.07 Å². The number of Topliss-reactive ketones (excluding diaryl/α,β-unsaturated/α-hetero) is 2. The minimum atomic E-state index is -2.62. The molecule has 5 aliphatic rings. The maximum absolute atomic E-state index is 14.0. The summed E-state index contributed by atoms with van der Waals surface area (Å²) in [5.74, 6) is -4.89. The first-order valence-corrected chi connectivity index (χ1v) is 14.1. The number of primary amides is 1. The number of ketones is 2. The molecule has 10 nitrogen and oxygen atoms in total. The number of amides is 1. The Morgan fingerprint density at radius 2 is 1.68 bits per heavy atom. The normalized spacial score (nSPS) is 30.1. The molecule has 3 saturated carbocycles. The first kappa shape index (κ1) is 27.0. The average molecular weight is 552 g/mol. The van der Waals surface area contributed by atoms with E-state index in [-0.39, 0.29) is 23.3 Å². The Balaban J connectivity index is 1.44. The molecule has 1 amide bonds. The highest BCUT2D eigenvalue weighted by Gasteiger charge is 2.64. The van der Waals surface area contributed by atoms with Gasteiger partial charge < -0.3 is 26.2 Å². The second-order valence-electron chi connectivity index (χ2n) is 12.6. The molecule has 0 heterocycles. The van der Waals surface area contributed by atoms with Crippen molar-refractivity contribution in [3.05, 3.63) is 45.7 Å². The molecule has 40 heavy (non-hydrogen) atoms. The molecule has 0 spiro atoms. The van der Waals surface area contributed by atoms with Crippen molar-refractivity contribution < 1.29 is 34.8 Å². The van der Waals surface area contributed by atoms with E-state index >= 15 is 0 Å². The zero-order valence-corrected chi connectivity index (χ0v) is 22.9. The average Bonchev–Trinajstić information content (AvgIpc) is 3.80. The minimum absolute atomic E-state index is 0.0920. The van der Waals surface area contributed by atoms with Gasteiger partial charge in [-0.05, 0) is 87.6 Å². The summed E-state index contributed by atoms with van der Waals surface area (Å²) in [5, 5.41) is 45.0. The molecule has 1 aromatic rings. The van der Waals surface area contributed by atoms with Crippen LogP contribution in [0.2, 0.25) is 0 Å². The number of aliphatic hydroxyl groups excluding tert-OH is 2. The van der Waals surface area contributed by atoms with Gasteiger partial charge >= 0.3 is 0 Å². The van der Waals surface area contributed by atoms with E-state index in [9.17, 15) is 34.8 Å². The predicted octanol–water partition coefficient (Wildman–Crippen LogP) is 1.59. The summed E-state index contributed by atoms with van der Waals surface area (Å²) < 4.78 is 0. The summed E-state index contributed by atoms with van der Waals surface area (Å²) in [6.45, 7) is 2.68. The first-order chi connectivity index (χ1) is 18.9. The largest absolute Gasteiger partial charge is 0.508 e. The second-order valence-corrected chi connectivity index (χ2v) is 12.6. The quantitative estimate of drug-likeness (QED) is 0.302. The number of likely N-dealkylation sites (N-methyl/N-ethyl adjacent to an activating group) is 1. The molecule has 5 aliphatic carbocycles. The molecule has 6 N–H and O–H groups in total. The standard InChI is InChI=1S/C30H37N3O7/c1-32(2)24-19-10-17-9-18-16(13-33(11-14-3-4-14)12-15-5-6-15)7-8-20(34)22(18)25(35)21(17)27(37)30(19,40)28(38)23(26(24)36)29(31)39/h7-8,14-15,17,19,24,34-35,38,40H,3-6,9-13H2,1-2H3,(H2,31,39)/t17-,19+,24?,30+/m0/s1. The number of benzene rings is 1. The van der Waals surface area contributed by atoms with E-state index in [1.54, 1.807) is 14.1 Å². The Morgan fingerprint density at radius 3 is 2.23 bits per heavy atom.